The van der Waals surface area contributed by atoms with Crippen molar-refractivity contribution in [3.63, 3.8) is 0 Å². The van der Waals surface area contributed by atoms with Crippen LogP contribution in [-0.2, 0) is 14.6 Å². The highest BCUT2D eigenvalue weighted by Crippen LogP contribution is 2.16. The summed E-state index contributed by atoms with van der Waals surface area (Å²) < 4.78 is 22.7. The summed E-state index contributed by atoms with van der Waals surface area (Å²) in [5.74, 6) is -0.503. The molecule has 5 nitrogen and oxygen atoms in total. The Morgan fingerprint density at radius 2 is 1.75 bits per heavy atom. The van der Waals surface area contributed by atoms with Crippen molar-refractivity contribution in [1.82, 2.24) is 4.90 Å². The molecular formula is C14H17NO4S. The normalized spacial score (nSPS) is 16.9. The second-order valence-corrected chi connectivity index (χ2v) is 6.97. The summed E-state index contributed by atoms with van der Waals surface area (Å²) in [7, 11) is -3.28. The molecule has 2 amide bonds. The third-order valence-corrected chi connectivity index (χ3v) is 4.48. The first-order valence-corrected chi connectivity index (χ1v) is 8.43. The lowest BCUT2D eigenvalue weighted by molar-refractivity contribution is -0.128. The van der Waals surface area contributed by atoms with Crippen LogP contribution in [0.25, 0.3) is 0 Å². The number of likely N-dealkylation sites (tertiary alicyclic amines) is 1. The molecule has 0 aliphatic carbocycles. The number of hydrogen-bond donors (Lipinski definition) is 0. The lowest BCUT2D eigenvalue weighted by atomic mass is 10.2. The van der Waals surface area contributed by atoms with E-state index >= 15 is 0 Å². The Kier molecular flexibility index (Phi) is 4.23. The third kappa shape index (κ3) is 3.25. The SMILES string of the molecule is CS(=O)(=O)c1ccc(C(=O)N2CCCCCC2=O)cc1. The van der Waals surface area contributed by atoms with Crippen LogP contribution in [0, 0.1) is 0 Å². The fourth-order valence-electron chi connectivity index (χ4n) is 2.20. The topological polar surface area (TPSA) is 71.5 Å². The fraction of sp³-hybridized carbons (Fsp3) is 0.429. The number of carbonyl (C=O) groups excluding carboxylic acids is 2. The largest absolute Gasteiger partial charge is 0.279 e. The van der Waals surface area contributed by atoms with Gasteiger partial charge in [-0.1, -0.05) is 6.42 Å². The highest BCUT2D eigenvalue weighted by Gasteiger charge is 2.24. The van der Waals surface area contributed by atoms with Crippen LogP contribution in [-0.4, -0.2) is 37.9 Å². The van der Waals surface area contributed by atoms with Gasteiger partial charge >= 0.3 is 0 Å². The number of hydrogen-bond acceptors (Lipinski definition) is 4. The van der Waals surface area contributed by atoms with E-state index in [0.717, 1.165) is 25.5 Å². The maximum atomic E-state index is 12.3. The predicted molar refractivity (Wildman–Crippen MR) is 74.1 cm³/mol. The minimum atomic E-state index is -3.28. The maximum absolute atomic E-state index is 12.3. The van der Waals surface area contributed by atoms with Crippen LogP contribution >= 0.6 is 0 Å². The number of benzene rings is 1. The molecule has 6 heteroatoms. The summed E-state index contributed by atoms with van der Waals surface area (Å²) in [6.07, 6.45) is 4.09. The van der Waals surface area contributed by atoms with Gasteiger partial charge in [0.2, 0.25) is 5.91 Å². The summed E-state index contributed by atoms with van der Waals surface area (Å²) >= 11 is 0. The molecule has 1 aromatic carbocycles. The van der Waals surface area contributed by atoms with E-state index in [0.29, 0.717) is 18.5 Å². The van der Waals surface area contributed by atoms with Gasteiger partial charge in [0.25, 0.3) is 5.91 Å². The Morgan fingerprint density at radius 3 is 2.35 bits per heavy atom. The molecule has 0 aromatic heterocycles. The number of amides is 2. The van der Waals surface area contributed by atoms with E-state index in [4.69, 9.17) is 0 Å². The van der Waals surface area contributed by atoms with E-state index in [1.165, 1.54) is 29.2 Å². The Labute approximate surface area is 118 Å². The van der Waals surface area contributed by atoms with Crippen molar-refractivity contribution in [3.8, 4) is 0 Å². The summed E-state index contributed by atoms with van der Waals surface area (Å²) in [6.45, 7) is 0.436. The van der Waals surface area contributed by atoms with Gasteiger partial charge in [-0.15, -0.1) is 0 Å². The zero-order valence-electron chi connectivity index (χ0n) is 11.3. The number of carbonyl (C=O) groups is 2. The van der Waals surface area contributed by atoms with Gasteiger partial charge in [-0.3, -0.25) is 14.5 Å². The zero-order chi connectivity index (χ0) is 14.8. The lowest BCUT2D eigenvalue weighted by Crippen LogP contribution is -2.36. The Balaban J connectivity index is 2.22. The first kappa shape index (κ1) is 14.7. The van der Waals surface area contributed by atoms with Crippen LogP contribution in [0.5, 0.6) is 0 Å². The van der Waals surface area contributed by atoms with Crippen molar-refractivity contribution in [2.24, 2.45) is 0 Å². The molecule has 0 bridgehead atoms. The van der Waals surface area contributed by atoms with Crippen LogP contribution in [0.3, 0.4) is 0 Å². The number of sulfone groups is 1. The number of imide groups is 1. The number of nitrogens with zero attached hydrogens (tertiary/aromatic N) is 1. The standard InChI is InChI=1S/C14H17NO4S/c1-20(18,19)12-8-6-11(7-9-12)14(17)15-10-4-2-3-5-13(15)16/h6-9H,2-5,10H2,1H3. The first-order chi connectivity index (χ1) is 9.39. The van der Waals surface area contributed by atoms with Crippen LogP contribution in [0.2, 0.25) is 0 Å². The van der Waals surface area contributed by atoms with Gasteiger partial charge in [0, 0.05) is 24.8 Å². The summed E-state index contributed by atoms with van der Waals surface area (Å²) in [5.41, 5.74) is 0.340. The van der Waals surface area contributed by atoms with E-state index in [2.05, 4.69) is 0 Å². The molecule has 2 rings (SSSR count). The molecule has 1 aromatic rings. The Morgan fingerprint density at radius 1 is 1.10 bits per heavy atom. The van der Waals surface area contributed by atoms with Gasteiger partial charge < -0.3 is 0 Å². The summed E-state index contributed by atoms with van der Waals surface area (Å²) in [4.78, 5) is 25.6. The van der Waals surface area contributed by atoms with Gasteiger partial charge in [-0.2, -0.15) is 0 Å². The van der Waals surface area contributed by atoms with Crippen LogP contribution in [0.15, 0.2) is 29.2 Å². The third-order valence-electron chi connectivity index (χ3n) is 3.35. The molecule has 0 N–H and O–H groups in total. The Hall–Kier alpha value is -1.69. The molecule has 0 saturated carbocycles. The van der Waals surface area contributed by atoms with Crippen LogP contribution < -0.4 is 0 Å². The van der Waals surface area contributed by atoms with Crippen LogP contribution in [0.4, 0.5) is 0 Å². The van der Waals surface area contributed by atoms with E-state index in [9.17, 15) is 18.0 Å². The first-order valence-electron chi connectivity index (χ1n) is 6.54. The number of rotatable bonds is 2. The zero-order valence-corrected chi connectivity index (χ0v) is 12.1. The quantitative estimate of drug-likeness (QED) is 0.777. The van der Waals surface area contributed by atoms with Crippen molar-refractivity contribution in [2.75, 3.05) is 12.8 Å². The predicted octanol–water partition coefficient (Wildman–Crippen LogP) is 1.63. The van der Waals surface area contributed by atoms with E-state index in [-0.39, 0.29) is 16.7 Å². The van der Waals surface area contributed by atoms with E-state index in [1.54, 1.807) is 0 Å². The van der Waals surface area contributed by atoms with Gasteiger partial charge in [0.15, 0.2) is 9.84 Å². The van der Waals surface area contributed by atoms with Gasteiger partial charge in [-0.25, -0.2) is 8.42 Å². The molecule has 1 fully saturated rings. The molecule has 0 radical (unpaired) electrons. The average molecular weight is 295 g/mol. The molecule has 0 atom stereocenters. The molecule has 1 saturated heterocycles. The second kappa shape index (κ2) is 5.75. The highest BCUT2D eigenvalue weighted by molar-refractivity contribution is 7.90. The van der Waals surface area contributed by atoms with Crippen molar-refractivity contribution < 1.29 is 18.0 Å². The second-order valence-electron chi connectivity index (χ2n) is 4.96. The molecule has 0 unspecified atom stereocenters. The molecule has 0 spiro atoms. The summed E-state index contributed by atoms with van der Waals surface area (Å²) in [5, 5.41) is 0. The van der Waals surface area contributed by atoms with Crippen molar-refractivity contribution in [1.29, 1.82) is 0 Å². The highest BCUT2D eigenvalue weighted by atomic mass is 32.2. The molecule has 20 heavy (non-hydrogen) atoms. The Bertz CT molecular complexity index is 619. The van der Waals surface area contributed by atoms with Crippen molar-refractivity contribution in [2.45, 2.75) is 30.6 Å². The van der Waals surface area contributed by atoms with Crippen LogP contribution in [0.1, 0.15) is 36.0 Å². The van der Waals surface area contributed by atoms with E-state index < -0.39 is 9.84 Å². The molecule has 1 heterocycles. The monoisotopic (exact) mass is 295 g/mol. The van der Waals surface area contributed by atoms with Crippen molar-refractivity contribution in [3.05, 3.63) is 29.8 Å². The minimum absolute atomic E-state index is 0.153. The molecule has 1 aliphatic heterocycles. The molecular weight excluding hydrogens is 278 g/mol. The van der Waals surface area contributed by atoms with Gasteiger partial charge in [-0.05, 0) is 37.1 Å². The molecule has 108 valence electrons. The van der Waals surface area contributed by atoms with Crippen molar-refractivity contribution >= 4 is 21.7 Å². The lowest BCUT2D eigenvalue weighted by Gasteiger charge is -2.18. The average Bonchev–Trinajstić information content (AvgIpc) is 2.62. The minimum Gasteiger partial charge on any atom is -0.279 e. The van der Waals surface area contributed by atoms with Gasteiger partial charge in [0.05, 0.1) is 4.90 Å². The maximum Gasteiger partial charge on any atom is 0.260 e. The van der Waals surface area contributed by atoms with E-state index in [1.807, 2.05) is 0 Å². The fourth-order valence-corrected chi connectivity index (χ4v) is 2.83. The molecule has 1 aliphatic rings. The van der Waals surface area contributed by atoms with Gasteiger partial charge in [0.1, 0.15) is 0 Å². The summed E-state index contributed by atoms with van der Waals surface area (Å²) in [6, 6.07) is 5.70. The smallest absolute Gasteiger partial charge is 0.260 e.